The third-order valence-corrected chi connectivity index (χ3v) is 2.67. The second-order valence-electron chi connectivity index (χ2n) is 3.82. The maximum Gasteiger partial charge on any atom is 0.113 e. The molecular formula is C14H16N2O2. The van der Waals surface area contributed by atoms with Crippen molar-refractivity contribution in [2.45, 2.75) is 0 Å². The number of anilines is 2. The Labute approximate surface area is 106 Å². The summed E-state index contributed by atoms with van der Waals surface area (Å²) < 4.78 is 0. The molecule has 0 bridgehead atoms. The third-order valence-electron chi connectivity index (χ3n) is 2.67. The number of nitrogens with one attached hydrogen (secondary N) is 2. The Morgan fingerprint density at radius 2 is 0.944 bits per heavy atom. The quantitative estimate of drug-likeness (QED) is 0.608. The van der Waals surface area contributed by atoms with Gasteiger partial charge in [0.15, 0.2) is 0 Å². The molecule has 2 aromatic rings. The molecule has 0 aliphatic rings. The van der Waals surface area contributed by atoms with Crippen LogP contribution in [0.25, 0.3) is 11.1 Å². The first-order chi connectivity index (χ1) is 8.83. The average molecular weight is 244 g/mol. The summed E-state index contributed by atoms with van der Waals surface area (Å²) in [5.74, 6) is 0. The second-order valence-corrected chi connectivity index (χ2v) is 3.82. The molecule has 0 fully saturated rings. The zero-order chi connectivity index (χ0) is 12.8. The molecule has 94 valence electrons. The highest BCUT2D eigenvalue weighted by atomic mass is 16.3. The Hall–Kier alpha value is -2.04. The molecule has 0 amide bonds. The molecule has 4 N–H and O–H groups in total. The number of aliphatic hydroxyl groups is 2. The maximum atomic E-state index is 8.75. The van der Waals surface area contributed by atoms with Gasteiger partial charge in [0.1, 0.15) is 13.5 Å². The zero-order valence-corrected chi connectivity index (χ0v) is 9.93. The Morgan fingerprint density at radius 3 is 1.22 bits per heavy atom. The standard InChI is InChI=1S/C14H16N2O2/c17-9-15-13-5-1-11(2-6-13)12-3-7-14(8-4-12)16-10-18/h1-8,15-18H,9-10H2. The van der Waals surface area contributed by atoms with Gasteiger partial charge in [0.25, 0.3) is 0 Å². The number of hydrogen-bond acceptors (Lipinski definition) is 4. The van der Waals surface area contributed by atoms with E-state index in [2.05, 4.69) is 10.6 Å². The molecule has 2 aromatic carbocycles. The van der Waals surface area contributed by atoms with E-state index in [1.165, 1.54) is 0 Å². The summed E-state index contributed by atoms with van der Waals surface area (Å²) in [6, 6.07) is 15.7. The summed E-state index contributed by atoms with van der Waals surface area (Å²) in [4.78, 5) is 0. The molecule has 0 aromatic heterocycles. The van der Waals surface area contributed by atoms with E-state index in [4.69, 9.17) is 10.2 Å². The normalized spacial score (nSPS) is 10.1. The Kier molecular flexibility index (Phi) is 4.17. The van der Waals surface area contributed by atoms with Crippen LogP contribution in [-0.4, -0.2) is 23.7 Å². The first-order valence-corrected chi connectivity index (χ1v) is 5.73. The average Bonchev–Trinajstić information content (AvgIpc) is 2.41. The molecule has 0 aliphatic carbocycles. The van der Waals surface area contributed by atoms with Gasteiger partial charge in [-0.1, -0.05) is 24.3 Å². The van der Waals surface area contributed by atoms with Crippen LogP contribution >= 0.6 is 0 Å². The van der Waals surface area contributed by atoms with Gasteiger partial charge >= 0.3 is 0 Å². The minimum Gasteiger partial charge on any atom is -0.377 e. The summed E-state index contributed by atoms with van der Waals surface area (Å²) in [7, 11) is 0. The lowest BCUT2D eigenvalue weighted by Crippen LogP contribution is -1.99. The fourth-order valence-electron chi connectivity index (χ4n) is 1.74. The molecule has 2 rings (SSSR count). The first-order valence-electron chi connectivity index (χ1n) is 5.73. The molecule has 0 unspecified atom stereocenters. The van der Waals surface area contributed by atoms with Crippen molar-refractivity contribution in [1.82, 2.24) is 0 Å². The van der Waals surface area contributed by atoms with Gasteiger partial charge in [0.2, 0.25) is 0 Å². The van der Waals surface area contributed by atoms with Crippen LogP contribution in [0.15, 0.2) is 48.5 Å². The molecule has 0 radical (unpaired) electrons. The van der Waals surface area contributed by atoms with E-state index in [1.807, 2.05) is 48.5 Å². The van der Waals surface area contributed by atoms with E-state index in [-0.39, 0.29) is 13.5 Å². The number of benzene rings is 2. The lowest BCUT2D eigenvalue weighted by Gasteiger charge is -2.07. The van der Waals surface area contributed by atoms with Crippen LogP contribution in [0.4, 0.5) is 11.4 Å². The van der Waals surface area contributed by atoms with Crippen LogP contribution in [0.5, 0.6) is 0 Å². The second kappa shape index (κ2) is 6.05. The zero-order valence-electron chi connectivity index (χ0n) is 9.93. The lowest BCUT2D eigenvalue weighted by molar-refractivity contribution is 0.325. The molecule has 0 saturated heterocycles. The minimum absolute atomic E-state index is 0.0686. The van der Waals surface area contributed by atoms with Gasteiger partial charge in [-0.05, 0) is 35.4 Å². The number of hydrogen-bond donors (Lipinski definition) is 4. The summed E-state index contributed by atoms with van der Waals surface area (Å²) in [5.41, 5.74) is 3.99. The Bertz CT molecular complexity index is 433. The highest BCUT2D eigenvalue weighted by molar-refractivity contribution is 5.68. The van der Waals surface area contributed by atoms with Crippen molar-refractivity contribution in [2.24, 2.45) is 0 Å². The van der Waals surface area contributed by atoms with Gasteiger partial charge < -0.3 is 20.8 Å². The predicted molar refractivity (Wildman–Crippen MR) is 73.3 cm³/mol. The van der Waals surface area contributed by atoms with E-state index in [1.54, 1.807) is 0 Å². The van der Waals surface area contributed by atoms with Gasteiger partial charge in [-0.25, -0.2) is 0 Å². The van der Waals surface area contributed by atoms with E-state index in [0.29, 0.717) is 0 Å². The fraction of sp³-hybridized carbons (Fsp3) is 0.143. The topological polar surface area (TPSA) is 64.5 Å². The largest absolute Gasteiger partial charge is 0.377 e. The molecule has 0 atom stereocenters. The highest BCUT2D eigenvalue weighted by Crippen LogP contribution is 2.22. The van der Waals surface area contributed by atoms with E-state index < -0.39 is 0 Å². The van der Waals surface area contributed by atoms with E-state index in [0.717, 1.165) is 22.5 Å². The third kappa shape index (κ3) is 3.00. The maximum absolute atomic E-state index is 8.75. The van der Waals surface area contributed by atoms with E-state index >= 15 is 0 Å². The lowest BCUT2D eigenvalue weighted by atomic mass is 10.1. The van der Waals surface area contributed by atoms with Crippen molar-refractivity contribution in [3.05, 3.63) is 48.5 Å². The van der Waals surface area contributed by atoms with Crippen LogP contribution in [0, 0.1) is 0 Å². The smallest absolute Gasteiger partial charge is 0.113 e. The summed E-state index contributed by atoms with van der Waals surface area (Å²) in [5, 5.41) is 23.2. The van der Waals surface area contributed by atoms with Crippen LogP contribution in [-0.2, 0) is 0 Å². The van der Waals surface area contributed by atoms with Gasteiger partial charge in [0, 0.05) is 11.4 Å². The number of rotatable bonds is 5. The SMILES string of the molecule is OCNc1ccc(-c2ccc(NCO)cc2)cc1. The molecule has 0 aliphatic heterocycles. The Balaban J connectivity index is 2.15. The molecule has 0 saturated carbocycles. The van der Waals surface area contributed by atoms with Crippen molar-refractivity contribution in [3.8, 4) is 11.1 Å². The monoisotopic (exact) mass is 244 g/mol. The Morgan fingerprint density at radius 1 is 0.611 bits per heavy atom. The molecule has 0 heterocycles. The summed E-state index contributed by atoms with van der Waals surface area (Å²) in [6.07, 6.45) is 0. The van der Waals surface area contributed by atoms with E-state index in [9.17, 15) is 0 Å². The van der Waals surface area contributed by atoms with Crippen molar-refractivity contribution in [2.75, 3.05) is 24.1 Å². The number of aliphatic hydroxyl groups excluding tert-OH is 2. The van der Waals surface area contributed by atoms with Crippen molar-refractivity contribution < 1.29 is 10.2 Å². The summed E-state index contributed by atoms with van der Waals surface area (Å²) >= 11 is 0. The highest BCUT2D eigenvalue weighted by Gasteiger charge is 1.98. The molecular weight excluding hydrogens is 228 g/mol. The van der Waals surface area contributed by atoms with Crippen molar-refractivity contribution in [3.63, 3.8) is 0 Å². The first kappa shape index (κ1) is 12.4. The van der Waals surface area contributed by atoms with Crippen LogP contribution < -0.4 is 10.6 Å². The van der Waals surface area contributed by atoms with Crippen LogP contribution in [0.3, 0.4) is 0 Å². The molecule has 4 nitrogen and oxygen atoms in total. The van der Waals surface area contributed by atoms with Gasteiger partial charge in [-0.2, -0.15) is 0 Å². The van der Waals surface area contributed by atoms with Crippen LogP contribution in [0.1, 0.15) is 0 Å². The van der Waals surface area contributed by atoms with Gasteiger partial charge in [-0.3, -0.25) is 0 Å². The van der Waals surface area contributed by atoms with Crippen molar-refractivity contribution in [1.29, 1.82) is 0 Å². The molecule has 4 heteroatoms. The molecule has 18 heavy (non-hydrogen) atoms. The van der Waals surface area contributed by atoms with Gasteiger partial charge in [-0.15, -0.1) is 0 Å². The van der Waals surface area contributed by atoms with Crippen molar-refractivity contribution >= 4 is 11.4 Å². The molecule has 0 spiro atoms. The van der Waals surface area contributed by atoms with Crippen LogP contribution in [0.2, 0.25) is 0 Å². The minimum atomic E-state index is -0.0686. The van der Waals surface area contributed by atoms with Gasteiger partial charge in [0.05, 0.1) is 0 Å². The predicted octanol–water partition coefficient (Wildman–Crippen LogP) is 2.08. The summed E-state index contributed by atoms with van der Waals surface area (Å²) in [6.45, 7) is -0.137. The fourth-order valence-corrected chi connectivity index (χ4v) is 1.74.